The van der Waals surface area contributed by atoms with E-state index in [4.69, 9.17) is 11.6 Å². The van der Waals surface area contributed by atoms with Crippen LogP contribution in [0.2, 0.25) is 5.02 Å². The molecule has 2 aromatic heterocycles. The molecule has 2 heterocycles. The molecule has 0 saturated heterocycles. The van der Waals surface area contributed by atoms with Crippen LogP contribution in [-0.4, -0.2) is 49.1 Å². The maximum absolute atomic E-state index is 12.4. The van der Waals surface area contributed by atoms with Gasteiger partial charge in [0.05, 0.1) is 23.5 Å². The van der Waals surface area contributed by atoms with Gasteiger partial charge in [0.2, 0.25) is 5.91 Å². The predicted octanol–water partition coefficient (Wildman–Crippen LogP) is 2.14. The van der Waals surface area contributed by atoms with Gasteiger partial charge in [0.25, 0.3) is 0 Å². The standard InChI is InChI=1S/C16H19ClN6O/c1-11(8-23-10-18-9-19-23)16(24)22(2)6-5-15-20-13-4-3-12(17)7-14(13)21-15/h3-4,7,9-11H,5-6,8H2,1-2H3,(H,20,21)/t11-/m1/s1. The Morgan fingerprint density at radius 1 is 1.46 bits per heavy atom. The lowest BCUT2D eigenvalue weighted by molar-refractivity contribution is -0.134. The normalized spacial score (nSPS) is 12.5. The number of aromatic amines is 1. The molecule has 0 aliphatic rings. The van der Waals surface area contributed by atoms with Crippen molar-refractivity contribution in [2.75, 3.05) is 13.6 Å². The topological polar surface area (TPSA) is 79.7 Å². The van der Waals surface area contributed by atoms with Crippen molar-refractivity contribution in [2.24, 2.45) is 5.92 Å². The van der Waals surface area contributed by atoms with Crippen LogP contribution >= 0.6 is 11.6 Å². The molecule has 0 aliphatic carbocycles. The average Bonchev–Trinajstić information content (AvgIpc) is 3.20. The zero-order valence-corrected chi connectivity index (χ0v) is 14.4. The van der Waals surface area contributed by atoms with Crippen LogP contribution in [-0.2, 0) is 17.8 Å². The maximum Gasteiger partial charge on any atom is 0.227 e. The Morgan fingerprint density at radius 2 is 2.29 bits per heavy atom. The first kappa shape index (κ1) is 16.4. The van der Waals surface area contributed by atoms with Crippen LogP contribution in [0.1, 0.15) is 12.7 Å². The molecular weight excluding hydrogens is 328 g/mol. The van der Waals surface area contributed by atoms with Gasteiger partial charge >= 0.3 is 0 Å². The first-order valence-electron chi connectivity index (χ1n) is 7.74. The second-order valence-corrected chi connectivity index (χ2v) is 6.31. The SMILES string of the molecule is C[C@H](Cn1cncn1)C(=O)N(C)CCc1nc2ccc(Cl)cc2[nH]1. The van der Waals surface area contributed by atoms with Crippen molar-refractivity contribution in [1.82, 2.24) is 29.6 Å². The Labute approximate surface area is 144 Å². The van der Waals surface area contributed by atoms with E-state index in [1.54, 1.807) is 23.0 Å². The summed E-state index contributed by atoms with van der Waals surface area (Å²) in [6, 6.07) is 5.55. The molecule has 0 aliphatic heterocycles. The zero-order valence-electron chi connectivity index (χ0n) is 13.6. The molecule has 1 atom stereocenters. The van der Waals surface area contributed by atoms with Crippen molar-refractivity contribution in [1.29, 1.82) is 0 Å². The van der Waals surface area contributed by atoms with E-state index in [2.05, 4.69) is 20.1 Å². The molecule has 0 unspecified atom stereocenters. The number of nitrogens with zero attached hydrogens (tertiary/aromatic N) is 5. The van der Waals surface area contributed by atoms with E-state index in [9.17, 15) is 4.79 Å². The monoisotopic (exact) mass is 346 g/mol. The molecule has 8 heteroatoms. The first-order chi connectivity index (χ1) is 11.5. The van der Waals surface area contributed by atoms with Crippen LogP contribution in [0.3, 0.4) is 0 Å². The molecule has 0 fully saturated rings. The van der Waals surface area contributed by atoms with Crippen LogP contribution < -0.4 is 0 Å². The number of amides is 1. The van der Waals surface area contributed by atoms with Gasteiger partial charge in [-0.3, -0.25) is 9.48 Å². The minimum atomic E-state index is -0.161. The van der Waals surface area contributed by atoms with Gasteiger partial charge in [0.15, 0.2) is 0 Å². The number of benzene rings is 1. The minimum Gasteiger partial charge on any atom is -0.345 e. The van der Waals surface area contributed by atoms with Crippen molar-refractivity contribution >= 4 is 28.5 Å². The smallest absolute Gasteiger partial charge is 0.227 e. The van der Waals surface area contributed by atoms with Crippen molar-refractivity contribution in [3.8, 4) is 0 Å². The van der Waals surface area contributed by atoms with Crippen molar-refractivity contribution in [2.45, 2.75) is 19.9 Å². The molecule has 126 valence electrons. The number of carbonyl (C=O) groups excluding carboxylic acids is 1. The van der Waals surface area contributed by atoms with Gasteiger partial charge in [0.1, 0.15) is 18.5 Å². The van der Waals surface area contributed by atoms with Crippen LogP contribution in [0, 0.1) is 5.92 Å². The summed E-state index contributed by atoms with van der Waals surface area (Å²) < 4.78 is 1.67. The lowest BCUT2D eigenvalue weighted by Crippen LogP contribution is -2.35. The van der Waals surface area contributed by atoms with Crippen LogP contribution in [0.15, 0.2) is 30.9 Å². The number of H-pyrrole nitrogens is 1. The molecule has 0 bridgehead atoms. The van der Waals surface area contributed by atoms with Crippen LogP contribution in [0.25, 0.3) is 11.0 Å². The molecule has 3 aromatic rings. The highest BCUT2D eigenvalue weighted by Crippen LogP contribution is 2.17. The highest BCUT2D eigenvalue weighted by Gasteiger charge is 2.18. The Morgan fingerprint density at radius 3 is 3.04 bits per heavy atom. The summed E-state index contributed by atoms with van der Waals surface area (Å²) in [7, 11) is 1.81. The summed E-state index contributed by atoms with van der Waals surface area (Å²) in [5.41, 5.74) is 1.79. The number of halogens is 1. The minimum absolute atomic E-state index is 0.0738. The molecule has 24 heavy (non-hydrogen) atoms. The summed E-state index contributed by atoms with van der Waals surface area (Å²) in [5, 5.41) is 4.71. The first-order valence-corrected chi connectivity index (χ1v) is 8.12. The Bertz CT molecular complexity index is 828. The molecule has 7 nitrogen and oxygen atoms in total. The maximum atomic E-state index is 12.4. The van der Waals surface area contributed by atoms with E-state index in [-0.39, 0.29) is 11.8 Å². The van der Waals surface area contributed by atoms with Gasteiger partial charge in [-0.25, -0.2) is 9.97 Å². The number of hydrogen-bond donors (Lipinski definition) is 1. The fraction of sp³-hybridized carbons (Fsp3) is 0.375. The van der Waals surface area contributed by atoms with Gasteiger partial charge in [-0.1, -0.05) is 18.5 Å². The zero-order chi connectivity index (χ0) is 17.1. The molecule has 0 saturated carbocycles. The lowest BCUT2D eigenvalue weighted by atomic mass is 10.1. The summed E-state index contributed by atoms with van der Waals surface area (Å²) in [6.45, 7) is 3.00. The number of likely N-dealkylation sites (N-methyl/N-ethyl adjacent to an activating group) is 1. The third-order valence-corrected chi connectivity index (χ3v) is 4.14. The van der Waals surface area contributed by atoms with Gasteiger partial charge in [-0.2, -0.15) is 5.10 Å². The van der Waals surface area contributed by atoms with Crippen molar-refractivity contribution < 1.29 is 4.79 Å². The summed E-state index contributed by atoms with van der Waals surface area (Å²) in [4.78, 5) is 25.8. The van der Waals surface area contributed by atoms with E-state index < -0.39 is 0 Å². The van der Waals surface area contributed by atoms with Gasteiger partial charge in [-0.15, -0.1) is 0 Å². The number of imidazole rings is 1. The van der Waals surface area contributed by atoms with Crippen LogP contribution in [0.4, 0.5) is 0 Å². The van der Waals surface area contributed by atoms with E-state index >= 15 is 0 Å². The third-order valence-electron chi connectivity index (χ3n) is 3.90. The molecular formula is C16H19ClN6O. The fourth-order valence-electron chi connectivity index (χ4n) is 2.60. The third kappa shape index (κ3) is 3.73. The Balaban J connectivity index is 1.57. The molecule has 0 spiro atoms. The van der Waals surface area contributed by atoms with E-state index in [0.717, 1.165) is 16.9 Å². The molecule has 1 N–H and O–H groups in total. The number of rotatable bonds is 6. The summed E-state index contributed by atoms with van der Waals surface area (Å²) in [6.07, 6.45) is 3.74. The summed E-state index contributed by atoms with van der Waals surface area (Å²) >= 11 is 5.98. The molecule has 0 radical (unpaired) electrons. The number of fused-ring (bicyclic) bond motifs is 1. The van der Waals surface area contributed by atoms with Crippen molar-refractivity contribution in [3.63, 3.8) is 0 Å². The van der Waals surface area contributed by atoms with Gasteiger partial charge in [-0.05, 0) is 18.2 Å². The second-order valence-electron chi connectivity index (χ2n) is 5.87. The predicted molar refractivity (Wildman–Crippen MR) is 91.6 cm³/mol. The summed E-state index contributed by atoms with van der Waals surface area (Å²) in [5.74, 6) is 0.756. The van der Waals surface area contributed by atoms with Crippen LogP contribution in [0.5, 0.6) is 0 Å². The average molecular weight is 347 g/mol. The largest absolute Gasteiger partial charge is 0.345 e. The quantitative estimate of drug-likeness (QED) is 0.741. The number of hydrogen-bond acceptors (Lipinski definition) is 4. The number of nitrogens with one attached hydrogen (secondary N) is 1. The highest BCUT2D eigenvalue weighted by atomic mass is 35.5. The van der Waals surface area contributed by atoms with E-state index in [1.807, 2.05) is 25.1 Å². The fourth-order valence-corrected chi connectivity index (χ4v) is 2.77. The number of aromatic nitrogens is 5. The number of carbonyl (C=O) groups is 1. The molecule has 3 rings (SSSR count). The van der Waals surface area contributed by atoms with Gasteiger partial charge in [0, 0.05) is 25.0 Å². The second kappa shape index (κ2) is 7.00. The van der Waals surface area contributed by atoms with Crippen molar-refractivity contribution in [3.05, 3.63) is 41.7 Å². The Hall–Kier alpha value is -2.41. The highest BCUT2D eigenvalue weighted by molar-refractivity contribution is 6.31. The van der Waals surface area contributed by atoms with E-state index in [1.165, 1.54) is 6.33 Å². The molecule has 1 amide bonds. The molecule has 1 aromatic carbocycles. The Kier molecular flexibility index (Phi) is 4.80. The van der Waals surface area contributed by atoms with Gasteiger partial charge < -0.3 is 9.88 Å². The van der Waals surface area contributed by atoms with E-state index in [0.29, 0.717) is 24.5 Å². The lowest BCUT2D eigenvalue weighted by Gasteiger charge is -2.20.